The summed E-state index contributed by atoms with van der Waals surface area (Å²) in [5.74, 6) is -6.31. The summed E-state index contributed by atoms with van der Waals surface area (Å²) < 4.78 is 132. The molecule has 7 nitrogen and oxygen atoms in total. The molecule has 1 saturated carbocycles. The summed E-state index contributed by atoms with van der Waals surface area (Å²) in [6.07, 6.45) is -7.51. The molecule has 0 aromatic rings. The number of unbranched alkanes of at least 4 members (excludes halogenated alkanes) is 1. The van der Waals surface area contributed by atoms with Crippen molar-refractivity contribution in [3.8, 4) is 0 Å². The largest absolute Gasteiger partial charge is 0.452 e. The third kappa shape index (κ3) is 6.36. The highest BCUT2D eigenvalue weighted by Gasteiger charge is 2.66. The van der Waals surface area contributed by atoms with Crippen LogP contribution in [0.3, 0.4) is 0 Å². The molecule has 0 aliphatic heterocycles. The first-order valence-corrected chi connectivity index (χ1v) is 11.2. The van der Waals surface area contributed by atoms with Crippen molar-refractivity contribution in [1.82, 2.24) is 0 Å². The Morgan fingerprint density at radius 3 is 2.03 bits per heavy atom. The van der Waals surface area contributed by atoms with Crippen molar-refractivity contribution in [3.63, 3.8) is 0 Å². The summed E-state index contributed by atoms with van der Waals surface area (Å²) in [6, 6.07) is 0. The van der Waals surface area contributed by atoms with Crippen LogP contribution in [0.4, 0.5) is 30.7 Å². The number of carbonyl (C=O) groups is 1. The highest BCUT2D eigenvalue weighted by atomic mass is 32.2. The van der Waals surface area contributed by atoms with Crippen LogP contribution in [0, 0.1) is 0 Å². The van der Waals surface area contributed by atoms with Crippen LogP contribution in [0.15, 0.2) is 12.2 Å². The first-order chi connectivity index (χ1) is 14.7. The lowest BCUT2D eigenvalue weighted by Crippen LogP contribution is -2.61. The van der Waals surface area contributed by atoms with E-state index in [0.717, 1.165) is 0 Å². The number of aliphatic hydroxyl groups is 1. The van der Waals surface area contributed by atoms with Gasteiger partial charge >= 0.3 is 33.4 Å². The Bertz CT molecular complexity index is 816. The molecule has 0 radical (unpaired) electrons. The Hall–Kier alpha value is -1.45. The molecular formula is C18H25F7O7S. The van der Waals surface area contributed by atoms with Crippen molar-refractivity contribution < 1.29 is 63.1 Å². The van der Waals surface area contributed by atoms with Crippen LogP contribution in [0.25, 0.3) is 0 Å². The summed E-state index contributed by atoms with van der Waals surface area (Å²) in [4.78, 5) is 12.2. The van der Waals surface area contributed by atoms with Crippen molar-refractivity contribution >= 4 is 16.1 Å². The van der Waals surface area contributed by atoms with E-state index in [1.165, 1.54) is 0 Å². The second-order valence-electron chi connectivity index (χ2n) is 7.97. The normalized spacial score (nSPS) is 19.2. The Morgan fingerprint density at radius 1 is 1.06 bits per heavy atom. The predicted octanol–water partition coefficient (Wildman–Crippen LogP) is 4.01. The van der Waals surface area contributed by atoms with Gasteiger partial charge in [-0.05, 0) is 45.4 Å². The molecule has 1 rings (SSSR count). The summed E-state index contributed by atoms with van der Waals surface area (Å²) in [6.45, 7) is 2.87. The smallest absolute Gasteiger partial charge is 0.431 e. The van der Waals surface area contributed by atoms with Gasteiger partial charge < -0.3 is 14.6 Å². The van der Waals surface area contributed by atoms with Crippen LogP contribution >= 0.6 is 0 Å². The lowest BCUT2D eigenvalue weighted by molar-refractivity contribution is -0.311. The number of rotatable bonds is 12. The fourth-order valence-electron chi connectivity index (χ4n) is 3.28. The van der Waals surface area contributed by atoms with Crippen LogP contribution in [0.5, 0.6) is 0 Å². The number of esters is 1. The third-order valence-corrected chi connectivity index (χ3v) is 6.43. The van der Waals surface area contributed by atoms with E-state index in [4.69, 9.17) is 14.0 Å². The Morgan fingerprint density at radius 2 is 1.58 bits per heavy atom. The van der Waals surface area contributed by atoms with Gasteiger partial charge in [0.05, 0.1) is 12.2 Å². The zero-order chi connectivity index (χ0) is 25.9. The Labute approximate surface area is 185 Å². The molecule has 15 heteroatoms. The van der Waals surface area contributed by atoms with E-state index >= 15 is 0 Å². The summed E-state index contributed by atoms with van der Waals surface area (Å²) >= 11 is 0. The molecule has 2 N–H and O–H groups in total. The second-order valence-corrected chi connectivity index (χ2v) is 9.43. The van der Waals surface area contributed by atoms with Crippen molar-refractivity contribution in [2.45, 2.75) is 80.4 Å². The van der Waals surface area contributed by atoms with Gasteiger partial charge in [0.2, 0.25) is 0 Å². The zero-order valence-corrected chi connectivity index (χ0v) is 18.4. The number of hydrogen-bond donors (Lipinski definition) is 2. The average Bonchev–Trinajstić information content (AvgIpc) is 3.12. The molecular weight excluding hydrogens is 493 g/mol. The third-order valence-electron chi connectivity index (χ3n) is 5.48. The van der Waals surface area contributed by atoms with Gasteiger partial charge in [0.1, 0.15) is 5.60 Å². The molecule has 1 fully saturated rings. The Kier molecular flexibility index (Phi) is 9.00. The van der Waals surface area contributed by atoms with E-state index in [-0.39, 0.29) is 38.7 Å². The van der Waals surface area contributed by atoms with Gasteiger partial charge in [-0.2, -0.15) is 39.2 Å². The number of alkyl halides is 7. The summed E-state index contributed by atoms with van der Waals surface area (Å²) in [7, 11) is -6.33. The maximum Gasteiger partial charge on any atom is 0.431 e. The van der Waals surface area contributed by atoms with E-state index in [1.807, 2.05) is 0 Å². The highest BCUT2D eigenvalue weighted by molar-refractivity contribution is 7.87. The highest BCUT2D eigenvalue weighted by Crippen LogP contribution is 2.49. The molecule has 0 spiro atoms. The molecule has 1 aliphatic rings. The minimum atomic E-state index is -6.33. The molecule has 1 atom stereocenters. The molecule has 1 aliphatic carbocycles. The van der Waals surface area contributed by atoms with E-state index in [0.29, 0.717) is 6.92 Å². The first kappa shape index (κ1) is 29.6. The monoisotopic (exact) mass is 518 g/mol. The van der Waals surface area contributed by atoms with Crippen LogP contribution in [0.2, 0.25) is 0 Å². The van der Waals surface area contributed by atoms with Crippen molar-refractivity contribution in [2.24, 2.45) is 0 Å². The number of halogens is 7. The molecule has 0 heterocycles. The second kappa shape index (κ2) is 10.0. The van der Waals surface area contributed by atoms with Crippen molar-refractivity contribution in [2.75, 3.05) is 13.2 Å². The fourth-order valence-corrected chi connectivity index (χ4v) is 3.76. The van der Waals surface area contributed by atoms with Crippen LogP contribution < -0.4 is 0 Å². The Balaban J connectivity index is 2.54. The summed E-state index contributed by atoms with van der Waals surface area (Å²) in [5.41, 5.74) is -5.96. The van der Waals surface area contributed by atoms with Crippen LogP contribution in [-0.2, 0) is 24.4 Å². The van der Waals surface area contributed by atoms with E-state index in [1.54, 1.807) is 0 Å². The van der Waals surface area contributed by atoms with Crippen molar-refractivity contribution in [1.29, 1.82) is 0 Å². The van der Waals surface area contributed by atoms with Crippen LogP contribution in [0.1, 0.15) is 51.9 Å². The van der Waals surface area contributed by atoms with Gasteiger partial charge in [-0.15, -0.1) is 0 Å². The standard InChI is InChI=1S/C18H25F7O7S/c1-12(11-31-10-6-5-9-16(19,20)18(24,25)33(28,29)30)13(26)32-15(7-3-4-8-15)14(2,27)17(21,22)23/h27H,1,3-11H2,2H3,(H,28,29,30). The molecule has 0 amide bonds. The summed E-state index contributed by atoms with van der Waals surface area (Å²) in [5, 5.41) is 4.37. The lowest BCUT2D eigenvalue weighted by atomic mass is 9.81. The quantitative estimate of drug-likeness (QED) is 0.132. The topological polar surface area (TPSA) is 110 Å². The molecule has 0 aromatic carbocycles. The number of hydrogen-bond acceptors (Lipinski definition) is 6. The zero-order valence-electron chi connectivity index (χ0n) is 17.6. The predicted molar refractivity (Wildman–Crippen MR) is 99.2 cm³/mol. The average molecular weight is 518 g/mol. The molecule has 33 heavy (non-hydrogen) atoms. The molecule has 0 saturated heterocycles. The van der Waals surface area contributed by atoms with Crippen LogP contribution in [-0.4, -0.2) is 65.8 Å². The van der Waals surface area contributed by atoms with Gasteiger partial charge in [0.25, 0.3) is 0 Å². The molecule has 0 aromatic heterocycles. The van der Waals surface area contributed by atoms with Crippen molar-refractivity contribution in [3.05, 3.63) is 12.2 Å². The minimum absolute atomic E-state index is 0.234. The van der Waals surface area contributed by atoms with Gasteiger partial charge in [0.15, 0.2) is 5.60 Å². The van der Waals surface area contributed by atoms with E-state index in [2.05, 4.69) is 6.58 Å². The first-order valence-electron chi connectivity index (χ1n) is 9.72. The molecule has 1 unspecified atom stereocenters. The fraction of sp³-hybridized carbons (Fsp3) is 0.833. The SMILES string of the molecule is C=C(COCCCCC(F)(F)C(F)(F)S(=O)(=O)O)C(=O)OC1(C(C)(O)C(F)(F)F)CCCC1. The number of ether oxygens (including phenoxy) is 2. The van der Waals surface area contributed by atoms with Gasteiger partial charge in [-0.1, -0.05) is 6.58 Å². The number of carbonyl (C=O) groups excluding carboxylic acids is 1. The van der Waals surface area contributed by atoms with Gasteiger partial charge in [-0.25, -0.2) is 4.79 Å². The minimum Gasteiger partial charge on any atom is -0.452 e. The van der Waals surface area contributed by atoms with E-state index in [9.17, 15) is 49.1 Å². The van der Waals surface area contributed by atoms with Gasteiger partial charge in [-0.3, -0.25) is 4.55 Å². The lowest BCUT2D eigenvalue weighted by Gasteiger charge is -2.42. The molecule has 194 valence electrons. The maximum atomic E-state index is 13.3. The maximum absolute atomic E-state index is 13.3. The van der Waals surface area contributed by atoms with Gasteiger partial charge in [0, 0.05) is 13.0 Å². The molecule has 0 bridgehead atoms. The van der Waals surface area contributed by atoms with E-state index < -0.39 is 69.7 Å².